The third-order valence-corrected chi connectivity index (χ3v) is 3.83. The average Bonchev–Trinajstić information content (AvgIpc) is 3.04. The Morgan fingerprint density at radius 2 is 2.14 bits per heavy atom. The SMILES string of the molecule is Cc1ccnc(C2CCN(C(=O)COc3ccccc3)C2)n1. The number of likely N-dealkylation sites (tertiary alicyclic amines) is 1. The van der Waals surface area contributed by atoms with Gasteiger partial charge in [0, 0.05) is 30.9 Å². The van der Waals surface area contributed by atoms with Crippen molar-refractivity contribution < 1.29 is 9.53 Å². The summed E-state index contributed by atoms with van der Waals surface area (Å²) in [6.07, 6.45) is 2.68. The molecule has 5 nitrogen and oxygen atoms in total. The molecule has 22 heavy (non-hydrogen) atoms. The van der Waals surface area contributed by atoms with Crippen LogP contribution >= 0.6 is 0 Å². The zero-order chi connectivity index (χ0) is 15.4. The number of ether oxygens (including phenoxy) is 1. The molecule has 1 atom stereocenters. The first-order valence-corrected chi connectivity index (χ1v) is 7.47. The van der Waals surface area contributed by atoms with Gasteiger partial charge in [0.15, 0.2) is 6.61 Å². The van der Waals surface area contributed by atoms with Crippen molar-refractivity contribution in [2.45, 2.75) is 19.3 Å². The van der Waals surface area contributed by atoms with Gasteiger partial charge >= 0.3 is 0 Å². The van der Waals surface area contributed by atoms with Gasteiger partial charge in [0.2, 0.25) is 0 Å². The van der Waals surface area contributed by atoms with Crippen molar-refractivity contribution in [3.05, 3.63) is 54.1 Å². The second kappa shape index (κ2) is 6.56. The topological polar surface area (TPSA) is 55.3 Å². The van der Waals surface area contributed by atoms with Crippen molar-refractivity contribution in [1.29, 1.82) is 0 Å². The van der Waals surface area contributed by atoms with Gasteiger partial charge in [-0.3, -0.25) is 4.79 Å². The van der Waals surface area contributed by atoms with Crippen LogP contribution in [0.15, 0.2) is 42.6 Å². The normalized spacial score (nSPS) is 17.5. The summed E-state index contributed by atoms with van der Waals surface area (Å²) in [6.45, 7) is 3.43. The van der Waals surface area contributed by atoms with Crippen LogP contribution in [-0.4, -0.2) is 40.5 Å². The minimum atomic E-state index is 0.0130. The lowest BCUT2D eigenvalue weighted by Gasteiger charge is -2.16. The molecular formula is C17H19N3O2. The molecule has 2 heterocycles. The predicted octanol–water partition coefficient (Wildman–Crippen LogP) is 2.18. The second-order valence-electron chi connectivity index (χ2n) is 5.48. The molecule has 1 fully saturated rings. The molecule has 0 saturated carbocycles. The van der Waals surface area contributed by atoms with E-state index < -0.39 is 0 Å². The lowest BCUT2D eigenvalue weighted by Crippen LogP contribution is -2.33. The molecule has 5 heteroatoms. The van der Waals surface area contributed by atoms with Crippen molar-refractivity contribution in [2.75, 3.05) is 19.7 Å². The number of hydrogen-bond donors (Lipinski definition) is 0. The summed E-state index contributed by atoms with van der Waals surface area (Å²) in [5.74, 6) is 1.78. The second-order valence-corrected chi connectivity index (χ2v) is 5.48. The van der Waals surface area contributed by atoms with Crippen LogP contribution in [-0.2, 0) is 4.79 Å². The van der Waals surface area contributed by atoms with E-state index in [0.29, 0.717) is 12.3 Å². The van der Waals surface area contributed by atoms with Gasteiger partial charge in [-0.15, -0.1) is 0 Å². The van der Waals surface area contributed by atoms with E-state index in [0.717, 1.165) is 24.5 Å². The Bertz CT molecular complexity index is 645. The van der Waals surface area contributed by atoms with Gasteiger partial charge in [-0.1, -0.05) is 18.2 Å². The number of carbonyl (C=O) groups excluding carboxylic acids is 1. The number of carbonyl (C=O) groups is 1. The lowest BCUT2D eigenvalue weighted by molar-refractivity contribution is -0.132. The quantitative estimate of drug-likeness (QED) is 0.868. The van der Waals surface area contributed by atoms with Crippen LogP contribution in [0.1, 0.15) is 23.9 Å². The van der Waals surface area contributed by atoms with Gasteiger partial charge < -0.3 is 9.64 Å². The number of benzene rings is 1. The van der Waals surface area contributed by atoms with Gasteiger partial charge in [0.05, 0.1) is 0 Å². The van der Waals surface area contributed by atoms with E-state index in [1.807, 2.05) is 48.2 Å². The Hall–Kier alpha value is -2.43. The summed E-state index contributed by atoms with van der Waals surface area (Å²) in [6, 6.07) is 11.3. The van der Waals surface area contributed by atoms with Gasteiger partial charge in [-0.2, -0.15) is 0 Å². The maximum absolute atomic E-state index is 12.2. The molecule has 114 valence electrons. The highest BCUT2D eigenvalue weighted by Crippen LogP contribution is 2.24. The summed E-state index contributed by atoms with van der Waals surface area (Å²) in [4.78, 5) is 22.8. The van der Waals surface area contributed by atoms with Gasteiger partial charge in [0.1, 0.15) is 11.6 Å². The molecule has 0 N–H and O–H groups in total. The van der Waals surface area contributed by atoms with E-state index in [9.17, 15) is 4.79 Å². The highest BCUT2D eigenvalue weighted by Gasteiger charge is 2.29. The van der Waals surface area contributed by atoms with Gasteiger partial charge in [0.25, 0.3) is 5.91 Å². The minimum Gasteiger partial charge on any atom is -0.484 e. The highest BCUT2D eigenvalue weighted by molar-refractivity contribution is 5.78. The van der Waals surface area contributed by atoms with E-state index >= 15 is 0 Å². The predicted molar refractivity (Wildman–Crippen MR) is 82.6 cm³/mol. The van der Waals surface area contributed by atoms with Crippen molar-refractivity contribution in [3.8, 4) is 5.75 Å². The van der Waals surface area contributed by atoms with E-state index in [1.165, 1.54) is 0 Å². The molecule has 0 bridgehead atoms. The van der Waals surface area contributed by atoms with E-state index in [4.69, 9.17) is 4.74 Å². The van der Waals surface area contributed by atoms with Gasteiger partial charge in [-0.05, 0) is 31.5 Å². The first kappa shape index (κ1) is 14.5. The Kier molecular flexibility index (Phi) is 4.32. The lowest BCUT2D eigenvalue weighted by atomic mass is 10.1. The molecule has 0 spiro atoms. The zero-order valence-electron chi connectivity index (χ0n) is 12.6. The molecule has 1 aliphatic heterocycles. The molecule has 0 aliphatic carbocycles. The first-order valence-electron chi connectivity index (χ1n) is 7.47. The molecule has 0 radical (unpaired) electrons. The summed E-state index contributed by atoms with van der Waals surface area (Å²) in [7, 11) is 0. The minimum absolute atomic E-state index is 0.0130. The van der Waals surface area contributed by atoms with Crippen LogP contribution in [0.3, 0.4) is 0 Å². The maximum atomic E-state index is 12.2. The monoisotopic (exact) mass is 297 g/mol. The van der Waals surface area contributed by atoms with Crippen molar-refractivity contribution in [1.82, 2.24) is 14.9 Å². The van der Waals surface area contributed by atoms with E-state index in [1.54, 1.807) is 6.20 Å². The molecule has 2 aromatic rings. The number of aromatic nitrogens is 2. The molecule has 1 unspecified atom stereocenters. The standard InChI is InChI=1S/C17H19N3O2/c1-13-7-9-18-17(19-13)14-8-10-20(11-14)16(21)12-22-15-5-3-2-4-6-15/h2-7,9,14H,8,10-12H2,1H3. The Labute approximate surface area is 130 Å². The number of rotatable bonds is 4. The summed E-state index contributed by atoms with van der Waals surface area (Å²) in [5.41, 5.74) is 0.960. The summed E-state index contributed by atoms with van der Waals surface area (Å²) in [5, 5.41) is 0. The summed E-state index contributed by atoms with van der Waals surface area (Å²) < 4.78 is 5.52. The van der Waals surface area contributed by atoms with Gasteiger partial charge in [-0.25, -0.2) is 9.97 Å². The maximum Gasteiger partial charge on any atom is 0.260 e. The fourth-order valence-corrected chi connectivity index (χ4v) is 2.62. The number of nitrogens with zero attached hydrogens (tertiary/aromatic N) is 3. The molecule has 1 saturated heterocycles. The van der Waals surface area contributed by atoms with E-state index in [-0.39, 0.29) is 18.4 Å². The van der Waals surface area contributed by atoms with Crippen LogP contribution < -0.4 is 4.74 Å². The molecule has 1 amide bonds. The Balaban J connectivity index is 1.55. The molecule has 1 aromatic heterocycles. The third kappa shape index (κ3) is 3.42. The van der Waals surface area contributed by atoms with Crippen LogP contribution in [0.5, 0.6) is 5.75 Å². The molecule has 1 aromatic carbocycles. The zero-order valence-corrected chi connectivity index (χ0v) is 12.6. The molecule has 3 rings (SSSR count). The number of aryl methyl sites for hydroxylation is 1. The fourth-order valence-electron chi connectivity index (χ4n) is 2.62. The van der Waals surface area contributed by atoms with Crippen LogP contribution in [0.4, 0.5) is 0 Å². The van der Waals surface area contributed by atoms with Crippen molar-refractivity contribution >= 4 is 5.91 Å². The summed E-state index contributed by atoms with van der Waals surface area (Å²) >= 11 is 0. The highest BCUT2D eigenvalue weighted by atomic mass is 16.5. The molecular weight excluding hydrogens is 278 g/mol. The third-order valence-electron chi connectivity index (χ3n) is 3.83. The van der Waals surface area contributed by atoms with Crippen LogP contribution in [0.25, 0.3) is 0 Å². The smallest absolute Gasteiger partial charge is 0.260 e. The van der Waals surface area contributed by atoms with Crippen LogP contribution in [0, 0.1) is 6.92 Å². The fraction of sp³-hybridized carbons (Fsp3) is 0.353. The largest absolute Gasteiger partial charge is 0.484 e. The van der Waals surface area contributed by atoms with E-state index in [2.05, 4.69) is 9.97 Å². The average molecular weight is 297 g/mol. The van der Waals surface area contributed by atoms with Crippen molar-refractivity contribution in [3.63, 3.8) is 0 Å². The number of para-hydroxylation sites is 1. The Morgan fingerprint density at radius 1 is 1.32 bits per heavy atom. The number of amides is 1. The first-order chi connectivity index (χ1) is 10.7. The Morgan fingerprint density at radius 3 is 2.91 bits per heavy atom. The molecule has 1 aliphatic rings. The van der Waals surface area contributed by atoms with Crippen LogP contribution in [0.2, 0.25) is 0 Å². The number of hydrogen-bond acceptors (Lipinski definition) is 4. The van der Waals surface area contributed by atoms with Crippen molar-refractivity contribution in [2.24, 2.45) is 0 Å².